The summed E-state index contributed by atoms with van der Waals surface area (Å²) in [6.45, 7) is 3.94. The van der Waals surface area contributed by atoms with Gasteiger partial charge in [0.1, 0.15) is 5.82 Å². The largest absolute Gasteiger partial charge is 0.300 e. The van der Waals surface area contributed by atoms with Crippen LogP contribution < -0.4 is 0 Å². The number of rotatable bonds is 7. The third-order valence-electron chi connectivity index (χ3n) is 5.93. The molecular formula is C24H27FN4OS. The van der Waals surface area contributed by atoms with E-state index in [1.54, 1.807) is 12.1 Å². The van der Waals surface area contributed by atoms with Gasteiger partial charge in [-0.1, -0.05) is 23.9 Å². The lowest BCUT2D eigenvalue weighted by Gasteiger charge is -2.21. The lowest BCUT2D eigenvalue weighted by Crippen LogP contribution is -2.21. The van der Waals surface area contributed by atoms with Gasteiger partial charge >= 0.3 is 0 Å². The highest BCUT2D eigenvalue weighted by Gasteiger charge is 2.25. The first-order chi connectivity index (χ1) is 14.8. The van der Waals surface area contributed by atoms with Crippen molar-refractivity contribution in [3.05, 3.63) is 70.8 Å². The van der Waals surface area contributed by atoms with Crippen molar-refractivity contribution in [3.8, 4) is 5.69 Å². The minimum Gasteiger partial charge on any atom is -0.300 e. The number of hydrogen-bond acceptors (Lipinski definition) is 5. The van der Waals surface area contributed by atoms with E-state index in [1.165, 1.54) is 35.0 Å². The molecule has 4 rings (SSSR count). The fourth-order valence-corrected chi connectivity index (χ4v) is 4.82. The predicted octanol–water partition coefficient (Wildman–Crippen LogP) is 4.88. The summed E-state index contributed by atoms with van der Waals surface area (Å²) in [5, 5.41) is 9.10. The first kappa shape index (κ1) is 21.7. The number of carbonyl (C=O) groups excluding carboxylic acids is 1. The normalized spacial score (nSPS) is 15.2. The van der Waals surface area contributed by atoms with E-state index in [-0.39, 0.29) is 22.9 Å². The van der Waals surface area contributed by atoms with Crippen molar-refractivity contribution >= 4 is 17.5 Å². The summed E-state index contributed by atoms with van der Waals surface area (Å²) < 4.78 is 15.4. The van der Waals surface area contributed by atoms with Crippen LogP contribution in [0.25, 0.3) is 5.69 Å². The topological polar surface area (TPSA) is 51.0 Å². The molecule has 2 atom stereocenters. The molecule has 0 spiro atoms. The number of ketones is 1. The number of aryl methyl sites for hydroxylation is 2. The van der Waals surface area contributed by atoms with Gasteiger partial charge in [-0.2, -0.15) is 0 Å². The Morgan fingerprint density at radius 1 is 1.06 bits per heavy atom. The van der Waals surface area contributed by atoms with E-state index < -0.39 is 0 Å². The van der Waals surface area contributed by atoms with Gasteiger partial charge in [0.2, 0.25) is 0 Å². The number of nitrogens with zero attached hydrogens (tertiary/aromatic N) is 4. The van der Waals surface area contributed by atoms with Crippen LogP contribution in [0.1, 0.15) is 53.6 Å². The van der Waals surface area contributed by atoms with Crippen LogP contribution in [0.3, 0.4) is 0 Å². The van der Waals surface area contributed by atoms with Crippen LogP contribution in [0.15, 0.2) is 47.6 Å². The third-order valence-corrected chi connectivity index (χ3v) is 6.97. The zero-order valence-electron chi connectivity index (χ0n) is 18.3. The van der Waals surface area contributed by atoms with Crippen molar-refractivity contribution in [2.75, 3.05) is 14.1 Å². The summed E-state index contributed by atoms with van der Waals surface area (Å²) in [5.74, 6) is 0.528. The fraction of sp³-hybridized carbons (Fsp3) is 0.375. The summed E-state index contributed by atoms with van der Waals surface area (Å²) >= 11 is 1.38. The molecule has 31 heavy (non-hydrogen) atoms. The number of fused-ring (bicyclic) bond motifs is 1. The Morgan fingerprint density at radius 3 is 2.48 bits per heavy atom. The van der Waals surface area contributed by atoms with E-state index in [1.807, 2.05) is 49.5 Å². The minimum atomic E-state index is -0.328. The maximum atomic E-state index is 13.5. The quantitative estimate of drug-likeness (QED) is 0.389. The fourth-order valence-electron chi connectivity index (χ4n) is 3.86. The average Bonchev–Trinajstić information content (AvgIpc) is 3.39. The summed E-state index contributed by atoms with van der Waals surface area (Å²) in [6, 6.07) is 12.3. The van der Waals surface area contributed by atoms with Crippen LogP contribution in [0, 0.1) is 5.82 Å². The molecule has 0 bridgehead atoms. The van der Waals surface area contributed by atoms with Crippen LogP contribution in [0.5, 0.6) is 0 Å². The monoisotopic (exact) mass is 438 g/mol. The lowest BCUT2D eigenvalue weighted by atomic mass is 10.0. The number of Topliss-reactive ketones (excluding diaryl/α,β-unsaturated/α-hetero) is 1. The van der Waals surface area contributed by atoms with Gasteiger partial charge in [0.15, 0.2) is 16.8 Å². The molecule has 0 saturated heterocycles. The lowest BCUT2D eigenvalue weighted by molar-refractivity contribution is 0.0993. The van der Waals surface area contributed by atoms with Crippen LogP contribution in [0.4, 0.5) is 4.39 Å². The zero-order chi connectivity index (χ0) is 22.1. The van der Waals surface area contributed by atoms with Crippen molar-refractivity contribution in [3.63, 3.8) is 0 Å². The van der Waals surface area contributed by atoms with E-state index in [2.05, 4.69) is 16.3 Å². The smallest absolute Gasteiger partial charge is 0.196 e. The highest BCUT2D eigenvalue weighted by molar-refractivity contribution is 8.00. The van der Waals surface area contributed by atoms with Crippen LogP contribution in [-0.4, -0.2) is 44.8 Å². The number of hydrogen-bond donors (Lipinski definition) is 0. The second-order valence-corrected chi connectivity index (χ2v) is 9.56. The van der Waals surface area contributed by atoms with E-state index >= 15 is 0 Å². The molecule has 7 heteroatoms. The Morgan fingerprint density at radius 2 is 1.77 bits per heavy atom. The van der Waals surface area contributed by atoms with Crippen LogP contribution in [-0.2, 0) is 12.8 Å². The molecule has 1 aromatic heterocycles. The van der Waals surface area contributed by atoms with Gasteiger partial charge < -0.3 is 0 Å². The number of benzene rings is 2. The van der Waals surface area contributed by atoms with Gasteiger partial charge in [-0.25, -0.2) is 4.39 Å². The maximum Gasteiger partial charge on any atom is 0.196 e. The van der Waals surface area contributed by atoms with Crippen LogP contribution >= 0.6 is 11.8 Å². The van der Waals surface area contributed by atoms with E-state index in [9.17, 15) is 9.18 Å². The van der Waals surface area contributed by atoms with Gasteiger partial charge in [0.05, 0.1) is 11.3 Å². The molecule has 2 unspecified atom stereocenters. The Balaban J connectivity index is 1.64. The third kappa shape index (κ3) is 4.43. The minimum absolute atomic E-state index is 0.00498. The van der Waals surface area contributed by atoms with E-state index in [0.717, 1.165) is 36.3 Å². The first-order valence-corrected chi connectivity index (χ1v) is 11.4. The maximum absolute atomic E-state index is 13.5. The Kier molecular flexibility index (Phi) is 6.25. The number of thioether (sulfide) groups is 1. The van der Waals surface area contributed by atoms with E-state index in [4.69, 9.17) is 0 Å². The second-order valence-electron chi connectivity index (χ2n) is 8.25. The Hall–Kier alpha value is -2.51. The summed E-state index contributed by atoms with van der Waals surface area (Å²) in [6.07, 6.45) is 3.30. The molecule has 1 aliphatic rings. The summed E-state index contributed by atoms with van der Waals surface area (Å²) in [5.41, 5.74) is 4.17. The molecule has 5 nitrogen and oxygen atoms in total. The van der Waals surface area contributed by atoms with Gasteiger partial charge in [-0.05, 0) is 88.7 Å². The molecule has 162 valence electrons. The molecular weight excluding hydrogens is 411 g/mol. The zero-order valence-corrected chi connectivity index (χ0v) is 19.1. The first-order valence-electron chi connectivity index (χ1n) is 10.6. The Bertz CT molecular complexity index is 1090. The summed E-state index contributed by atoms with van der Waals surface area (Å²) in [4.78, 5) is 15.2. The highest BCUT2D eigenvalue weighted by atomic mass is 32.2. The van der Waals surface area contributed by atoms with Gasteiger partial charge in [0, 0.05) is 11.3 Å². The predicted molar refractivity (Wildman–Crippen MR) is 122 cm³/mol. The van der Waals surface area contributed by atoms with Crippen molar-refractivity contribution in [1.82, 2.24) is 19.7 Å². The van der Waals surface area contributed by atoms with Crippen LogP contribution in [0.2, 0.25) is 0 Å². The molecule has 1 heterocycles. The molecule has 0 radical (unpaired) electrons. The molecule has 0 amide bonds. The SMILES string of the molecule is CC(Sc1nnc(C(C)N(C)C)n1-c1ccc(F)cc1)C(=O)c1ccc2c(c1)CCC2. The molecule has 2 aromatic carbocycles. The molecule has 0 fully saturated rings. The van der Waals surface area contributed by atoms with Crippen molar-refractivity contribution in [1.29, 1.82) is 0 Å². The molecule has 0 N–H and O–H groups in total. The number of carbonyl (C=O) groups is 1. The van der Waals surface area contributed by atoms with Gasteiger partial charge in [-0.15, -0.1) is 10.2 Å². The molecule has 0 saturated carbocycles. The van der Waals surface area contributed by atoms with Gasteiger partial charge in [0.25, 0.3) is 0 Å². The average molecular weight is 439 g/mol. The highest BCUT2D eigenvalue weighted by Crippen LogP contribution is 2.31. The standard InChI is InChI=1S/C24H27FN4OS/c1-15(28(3)4)23-26-27-24(29(23)21-12-10-20(25)11-13-21)31-16(2)22(30)19-9-8-17-6-5-7-18(17)14-19/h8-16H,5-7H2,1-4H3. The molecule has 1 aliphatic carbocycles. The van der Waals surface area contributed by atoms with Crippen molar-refractivity contribution < 1.29 is 9.18 Å². The Labute approximate surface area is 186 Å². The van der Waals surface area contributed by atoms with Crippen molar-refractivity contribution in [2.24, 2.45) is 0 Å². The molecule has 3 aromatic rings. The van der Waals surface area contributed by atoms with Gasteiger partial charge in [-0.3, -0.25) is 14.3 Å². The summed E-state index contributed by atoms with van der Waals surface area (Å²) in [7, 11) is 3.95. The van der Waals surface area contributed by atoms with E-state index in [0.29, 0.717) is 5.16 Å². The number of aromatic nitrogens is 3. The van der Waals surface area contributed by atoms with Crippen molar-refractivity contribution in [2.45, 2.75) is 49.6 Å². The number of halogens is 1. The molecule has 0 aliphatic heterocycles. The second kappa shape index (κ2) is 8.93.